The molecule has 88 valence electrons. The molecule has 17 heavy (non-hydrogen) atoms. The number of hydrogen-bond acceptors (Lipinski definition) is 0. The molecule has 0 aliphatic rings. The lowest BCUT2D eigenvalue weighted by Gasteiger charge is -1.91. The minimum atomic E-state index is -0.238. The van der Waals surface area contributed by atoms with Crippen LogP contribution < -0.4 is 0 Å². The number of benzene rings is 1. The first-order valence-corrected chi connectivity index (χ1v) is 6.07. The lowest BCUT2D eigenvalue weighted by molar-refractivity contribution is 0.627. The van der Waals surface area contributed by atoms with Gasteiger partial charge in [0.1, 0.15) is 5.82 Å². The second-order valence-corrected chi connectivity index (χ2v) is 3.87. The van der Waals surface area contributed by atoms with Crippen LogP contribution in [-0.4, -0.2) is 0 Å². The molecule has 1 rings (SSSR count). The molecule has 1 aromatic rings. The molecule has 0 aliphatic carbocycles. The van der Waals surface area contributed by atoms with E-state index < -0.39 is 0 Å². The SMILES string of the molecule is CCCCCCC#CC#Cc1ccc(F)cc1. The lowest BCUT2D eigenvalue weighted by Crippen LogP contribution is -1.75. The summed E-state index contributed by atoms with van der Waals surface area (Å²) in [5, 5.41) is 0. The summed E-state index contributed by atoms with van der Waals surface area (Å²) in [6.45, 7) is 2.19. The Bertz CT molecular complexity index is 434. The zero-order valence-corrected chi connectivity index (χ0v) is 10.2. The summed E-state index contributed by atoms with van der Waals surface area (Å²) >= 11 is 0. The Kier molecular flexibility index (Phi) is 6.61. The van der Waals surface area contributed by atoms with Crippen LogP contribution in [0.3, 0.4) is 0 Å². The summed E-state index contributed by atoms with van der Waals surface area (Å²) in [6.07, 6.45) is 5.84. The van der Waals surface area contributed by atoms with Gasteiger partial charge >= 0.3 is 0 Å². The maximum absolute atomic E-state index is 12.6. The van der Waals surface area contributed by atoms with Gasteiger partial charge in [0.15, 0.2) is 0 Å². The number of halogens is 1. The van der Waals surface area contributed by atoms with E-state index >= 15 is 0 Å². The fraction of sp³-hybridized carbons (Fsp3) is 0.375. The van der Waals surface area contributed by atoms with E-state index in [1.54, 1.807) is 12.1 Å². The highest BCUT2D eigenvalue weighted by Crippen LogP contribution is 2.01. The van der Waals surface area contributed by atoms with Crippen molar-refractivity contribution >= 4 is 0 Å². The van der Waals surface area contributed by atoms with Crippen molar-refractivity contribution in [2.24, 2.45) is 0 Å². The van der Waals surface area contributed by atoms with Gasteiger partial charge < -0.3 is 0 Å². The summed E-state index contributed by atoms with van der Waals surface area (Å²) in [4.78, 5) is 0. The van der Waals surface area contributed by atoms with Crippen LogP contribution in [0.15, 0.2) is 24.3 Å². The Labute approximate surface area is 103 Å². The fourth-order valence-corrected chi connectivity index (χ4v) is 1.38. The zero-order chi connectivity index (χ0) is 12.3. The van der Waals surface area contributed by atoms with Gasteiger partial charge in [0.25, 0.3) is 0 Å². The third-order valence-electron chi connectivity index (χ3n) is 2.36. The standard InChI is InChI=1S/C16H17F/c1-2-3-4-5-6-7-8-9-10-15-11-13-16(17)14-12-15/h11-14H,2-6H2,1H3. The van der Waals surface area contributed by atoms with Gasteiger partial charge in [-0.25, -0.2) is 4.39 Å². The van der Waals surface area contributed by atoms with E-state index in [2.05, 4.69) is 30.6 Å². The molecule has 0 radical (unpaired) electrons. The van der Waals surface area contributed by atoms with E-state index in [0.29, 0.717) is 0 Å². The van der Waals surface area contributed by atoms with Crippen molar-refractivity contribution < 1.29 is 4.39 Å². The minimum Gasteiger partial charge on any atom is -0.207 e. The van der Waals surface area contributed by atoms with Crippen molar-refractivity contribution in [2.45, 2.75) is 39.0 Å². The quantitative estimate of drug-likeness (QED) is 0.536. The van der Waals surface area contributed by atoms with Gasteiger partial charge in [0.2, 0.25) is 0 Å². The van der Waals surface area contributed by atoms with E-state index in [1.807, 2.05) is 0 Å². The van der Waals surface area contributed by atoms with E-state index in [9.17, 15) is 4.39 Å². The van der Waals surface area contributed by atoms with Gasteiger partial charge in [-0.2, -0.15) is 0 Å². The number of hydrogen-bond donors (Lipinski definition) is 0. The molecular formula is C16H17F. The highest BCUT2D eigenvalue weighted by molar-refractivity contribution is 5.39. The molecule has 0 atom stereocenters. The van der Waals surface area contributed by atoms with Crippen molar-refractivity contribution in [3.8, 4) is 23.7 Å². The second-order valence-electron chi connectivity index (χ2n) is 3.87. The Hall–Kier alpha value is -1.73. The fourth-order valence-electron chi connectivity index (χ4n) is 1.38. The average molecular weight is 228 g/mol. The maximum atomic E-state index is 12.6. The molecule has 0 aromatic heterocycles. The van der Waals surface area contributed by atoms with Crippen molar-refractivity contribution in [3.05, 3.63) is 35.6 Å². The second kappa shape index (κ2) is 8.43. The third-order valence-corrected chi connectivity index (χ3v) is 2.36. The minimum absolute atomic E-state index is 0.238. The van der Waals surface area contributed by atoms with Crippen LogP contribution in [0.5, 0.6) is 0 Å². The van der Waals surface area contributed by atoms with E-state index in [-0.39, 0.29) is 5.82 Å². The van der Waals surface area contributed by atoms with Crippen LogP contribution in [0.4, 0.5) is 4.39 Å². The zero-order valence-electron chi connectivity index (χ0n) is 10.2. The van der Waals surface area contributed by atoms with Crippen molar-refractivity contribution in [3.63, 3.8) is 0 Å². The Morgan fingerprint density at radius 2 is 1.76 bits per heavy atom. The summed E-state index contributed by atoms with van der Waals surface area (Å²) in [7, 11) is 0. The number of rotatable bonds is 4. The summed E-state index contributed by atoms with van der Waals surface area (Å²) in [5.41, 5.74) is 0.798. The third kappa shape index (κ3) is 6.44. The van der Waals surface area contributed by atoms with Crippen molar-refractivity contribution in [1.82, 2.24) is 0 Å². The van der Waals surface area contributed by atoms with Crippen LogP contribution in [-0.2, 0) is 0 Å². The van der Waals surface area contributed by atoms with Crippen LogP contribution in [0.25, 0.3) is 0 Å². The van der Waals surface area contributed by atoms with Gasteiger partial charge in [-0.1, -0.05) is 38.0 Å². The van der Waals surface area contributed by atoms with Crippen LogP contribution >= 0.6 is 0 Å². The Balaban J connectivity index is 2.30. The van der Waals surface area contributed by atoms with Gasteiger partial charge in [-0.15, -0.1) is 0 Å². The highest BCUT2D eigenvalue weighted by Gasteiger charge is 1.87. The molecule has 0 nitrogen and oxygen atoms in total. The smallest absolute Gasteiger partial charge is 0.123 e. The molecule has 0 amide bonds. The molecule has 0 saturated carbocycles. The summed E-state index contributed by atoms with van der Waals surface area (Å²) in [5.74, 6) is 11.3. The monoisotopic (exact) mass is 228 g/mol. The maximum Gasteiger partial charge on any atom is 0.123 e. The van der Waals surface area contributed by atoms with Gasteiger partial charge in [-0.05, 0) is 42.5 Å². The summed E-state index contributed by atoms with van der Waals surface area (Å²) in [6, 6.07) is 6.13. The molecular weight excluding hydrogens is 211 g/mol. The highest BCUT2D eigenvalue weighted by atomic mass is 19.1. The van der Waals surface area contributed by atoms with E-state index in [1.165, 1.54) is 31.4 Å². The van der Waals surface area contributed by atoms with Crippen molar-refractivity contribution in [1.29, 1.82) is 0 Å². The summed E-state index contributed by atoms with van der Waals surface area (Å²) < 4.78 is 12.6. The largest absolute Gasteiger partial charge is 0.207 e. The first kappa shape index (κ1) is 13.3. The Morgan fingerprint density at radius 3 is 2.47 bits per heavy atom. The van der Waals surface area contributed by atoms with Crippen LogP contribution in [0.1, 0.15) is 44.6 Å². The number of unbranched alkanes of at least 4 members (excludes halogenated alkanes) is 4. The molecule has 1 heteroatoms. The Morgan fingerprint density at radius 1 is 1.00 bits per heavy atom. The molecule has 0 fully saturated rings. The van der Waals surface area contributed by atoms with Crippen LogP contribution in [0.2, 0.25) is 0 Å². The molecule has 1 aromatic carbocycles. The first-order chi connectivity index (χ1) is 8.33. The van der Waals surface area contributed by atoms with Crippen LogP contribution in [0, 0.1) is 29.5 Å². The lowest BCUT2D eigenvalue weighted by atomic mass is 10.1. The molecule has 0 aliphatic heterocycles. The molecule has 0 saturated heterocycles. The molecule has 0 unspecified atom stereocenters. The topological polar surface area (TPSA) is 0 Å². The predicted molar refractivity (Wildman–Crippen MR) is 69.8 cm³/mol. The van der Waals surface area contributed by atoms with Gasteiger partial charge in [-0.3, -0.25) is 0 Å². The molecule has 0 spiro atoms. The van der Waals surface area contributed by atoms with Crippen molar-refractivity contribution in [2.75, 3.05) is 0 Å². The van der Waals surface area contributed by atoms with E-state index in [4.69, 9.17) is 0 Å². The average Bonchev–Trinajstić information content (AvgIpc) is 2.35. The normalized spacial score (nSPS) is 8.82. The first-order valence-electron chi connectivity index (χ1n) is 6.07. The molecule has 0 heterocycles. The van der Waals surface area contributed by atoms with E-state index in [0.717, 1.165) is 18.4 Å². The molecule has 0 bridgehead atoms. The van der Waals surface area contributed by atoms with Gasteiger partial charge in [0, 0.05) is 12.0 Å². The van der Waals surface area contributed by atoms with Gasteiger partial charge in [0.05, 0.1) is 0 Å². The molecule has 0 N–H and O–H groups in total. The predicted octanol–water partition coefficient (Wildman–Crippen LogP) is 4.15.